The predicted molar refractivity (Wildman–Crippen MR) is 101 cm³/mol. The Kier molecular flexibility index (Phi) is 5.43. The van der Waals surface area contributed by atoms with Gasteiger partial charge in [-0.3, -0.25) is 0 Å². The van der Waals surface area contributed by atoms with Crippen LogP contribution in [0.1, 0.15) is 26.2 Å². The number of hydrogen-bond donors (Lipinski definition) is 1. The second-order valence-corrected chi connectivity index (χ2v) is 7.35. The number of amides is 1. The van der Waals surface area contributed by atoms with Gasteiger partial charge < -0.3 is 15.4 Å². The predicted octanol–water partition coefficient (Wildman–Crippen LogP) is 2.76. The molecule has 3 aliphatic rings. The van der Waals surface area contributed by atoms with Crippen molar-refractivity contribution in [3.8, 4) is 18.2 Å². The molecule has 3 atom stereocenters. The van der Waals surface area contributed by atoms with Crippen molar-refractivity contribution in [2.45, 2.75) is 26.2 Å². The van der Waals surface area contributed by atoms with E-state index in [-0.39, 0.29) is 29.7 Å². The number of carbonyl (C=O) groups excluding carboxylic acids is 1. The van der Waals surface area contributed by atoms with Crippen LogP contribution in [0.3, 0.4) is 0 Å². The molecule has 0 radical (unpaired) electrons. The van der Waals surface area contributed by atoms with Gasteiger partial charge in [0.05, 0.1) is 30.0 Å². The lowest BCUT2D eigenvalue weighted by atomic mass is 9.55. The molecule has 1 amide bonds. The summed E-state index contributed by atoms with van der Waals surface area (Å²) >= 11 is 0. The van der Waals surface area contributed by atoms with E-state index in [0.29, 0.717) is 13.1 Å². The molecule has 3 unspecified atom stereocenters. The van der Waals surface area contributed by atoms with Crippen LogP contribution in [0, 0.1) is 57.2 Å². The fourth-order valence-electron chi connectivity index (χ4n) is 4.74. The fourth-order valence-corrected chi connectivity index (χ4v) is 4.74. The van der Waals surface area contributed by atoms with Gasteiger partial charge in [-0.2, -0.15) is 15.8 Å². The third kappa shape index (κ3) is 2.92. The number of nitrogens with two attached hydrogens (primary N) is 1. The van der Waals surface area contributed by atoms with Crippen LogP contribution >= 0.6 is 0 Å². The molecular weight excluding hydrogens is 354 g/mol. The van der Waals surface area contributed by atoms with E-state index in [9.17, 15) is 20.6 Å². The van der Waals surface area contributed by atoms with Crippen molar-refractivity contribution in [1.82, 2.24) is 4.90 Å². The van der Waals surface area contributed by atoms with E-state index in [1.807, 2.05) is 6.08 Å². The van der Waals surface area contributed by atoms with Gasteiger partial charge in [0.1, 0.15) is 6.07 Å². The Bertz CT molecular complexity index is 866. The molecule has 0 aromatic heterocycles. The maximum absolute atomic E-state index is 12.3. The van der Waals surface area contributed by atoms with Crippen molar-refractivity contribution in [2.24, 2.45) is 28.9 Å². The maximum atomic E-state index is 12.3. The van der Waals surface area contributed by atoms with E-state index in [1.165, 1.54) is 0 Å². The molecule has 0 spiro atoms. The molecule has 3 rings (SSSR count). The zero-order valence-corrected chi connectivity index (χ0v) is 15.9. The van der Waals surface area contributed by atoms with Gasteiger partial charge in [-0.1, -0.05) is 18.2 Å². The smallest absolute Gasteiger partial charge is 0.410 e. The van der Waals surface area contributed by atoms with Gasteiger partial charge in [-0.05, 0) is 37.7 Å². The Morgan fingerprint density at radius 3 is 2.71 bits per heavy atom. The summed E-state index contributed by atoms with van der Waals surface area (Å²) in [6.07, 6.45) is 8.28. The molecule has 0 aromatic carbocycles. The van der Waals surface area contributed by atoms with Crippen LogP contribution < -0.4 is 5.73 Å². The first kappa shape index (κ1) is 19.5. The van der Waals surface area contributed by atoms with E-state index in [0.717, 1.165) is 24.8 Å². The summed E-state index contributed by atoms with van der Waals surface area (Å²) in [5.74, 6) is -0.783. The molecule has 2 aliphatic carbocycles. The third-order valence-electron chi connectivity index (χ3n) is 6.01. The first-order valence-electron chi connectivity index (χ1n) is 9.55. The van der Waals surface area contributed by atoms with Crippen LogP contribution in [0.5, 0.6) is 0 Å². The van der Waals surface area contributed by atoms with Gasteiger partial charge in [0.25, 0.3) is 0 Å². The van der Waals surface area contributed by atoms with Crippen LogP contribution in [0.2, 0.25) is 0 Å². The largest absolute Gasteiger partial charge is 0.450 e. The van der Waals surface area contributed by atoms with Gasteiger partial charge >= 0.3 is 6.09 Å². The van der Waals surface area contributed by atoms with Crippen molar-refractivity contribution in [3.63, 3.8) is 0 Å². The molecule has 1 aliphatic heterocycles. The van der Waals surface area contributed by atoms with Gasteiger partial charge in [-0.25, -0.2) is 4.79 Å². The quantitative estimate of drug-likeness (QED) is 0.737. The van der Waals surface area contributed by atoms with Crippen LogP contribution in [0.15, 0.2) is 35.1 Å². The summed E-state index contributed by atoms with van der Waals surface area (Å²) in [6, 6.07) is 6.38. The highest BCUT2D eigenvalue weighted by atomic mass is 16.6. The van der Waals surface area contributed by atoms with Gasteiger partial charge in [0.15, 0.2) is 5.41 Å². The highest BCUT2D eigenvalue weighted by Crippen LogP contribution is 2.53. The van der Waals surface area contributed by atoms with E-state index >= 15 is 0 Å². The zero-order valence-electron chi connectivity index (χ0n) is 15.9. The molecule has 1 heterocycles. The third-order valence-corrected chi connectivity index (χ3v) is 6.01. The number of carbonyl (C=O) groups is 1. The number of rotatable bonds is 2. The molecular formula is C21H23N5O2. The Labute approximate surface area is 165 Å². The number of allylic oxidation sites excluding steroid dienone is 4. The van der Waals surface area contributed by atoms with Crippen molar-refractivity contribution in [2.75, 3.05) is 19.7 Å². The summed E-state index contributed by atoms with van der Waals surface area (Å²) in [5, 5.41) is 29.8. The molecule has 2 N–H and O–H groups in total. The number of fused-ring (bicyclic) bond motifs is 1. The fraction of sp³-hybridized carbons (Fsp3) is 0.524. The van der Waals surface area contributed by atoms with Crippen LogP contribution in [-0.2, 0) is 4.74 Å². The maximum Gasteiger partial charge on any atom is 0.410 e. The van der Waals surface area contributed by atoms with Gasteiger partial charge in [-0.15, -0.1) is 0 Å². The van der Waals surface area contributed by atoms with Gasteiger partial charge in [0, 0.05) is 24.9 Å². The van der Waals surface area contributed by atoms with E-state index in [2.05, 4.69) is 30.4 Å². The normalized spacial score (nSPS) is 28.3. The molecule has 0 fully saturated rings. The van der Waals surface area contributed by atoms with E-state index in [1.54, 1.807) is 11.8 Å². The second-order valence-electron chi connectivity index (χ2n) is 7.35. The minimum atomic E-state index is -1.60. The van der Waals surface area contributed by atoms with Crippen molar-refractivity contribution >= 4 is 6.09 Å². The summed E-state index contributed by atoms with van der Waals surface area (Å²) in [4.78, 5) is 13.9. The van der Waals surface area contributed by atoms with Crippen molar-refractivity contribution in [3.05, 3.63) is 35.1 Å². The molecule has 7 nitrogen and oxygen atoms in total. The molecule has 144 valence electrons. The first-order valence-corrected chi connectivity index (χ1v) is 9.55. The van der Waals surface area contributed by atoms with Crippen LogP contribution in [0.4, 0.5) is 4.79 Å². The van der Waals surface area contributed by atoms with Gasteiger partial charge in [0.2, 0.25) is 0 Å². The number of nitriles is 3. The Balaban J connectivity index is 2.16. The second kappa shape index (κ2) is 7.79. The standard InChI is InChI=1S/C21H23N5O2/c1-2-28-20(27)26-9-8-15-16(10-22)19(25)21(12-23,13-24)18(17(15)11-26)14-6-4-3-5-7-14/h4,6,8,14,17-18H,2-3,5,7,9,11,25H2,1H3. The highest BCUT2D eigenvalue weighted by Gasteiger charge is 2.56. The monoisotopic (exact) mass is 377 g/mol. The van der Waals surface area contributed by atoms with Crippen molar-refractivity contribution in [1.29, 1.82) is 15.8 Å². The summed E-state index contributed by atoms with van der Waals surface area (Å²) in [5.41, 5.74) is 5.66. The van der Waals surface area contributed by atoms with E-state index < -0.39 is 17.4 Å². The highest BCUT2D eigenvalue weighted by molar-refractivity contribution is 5.69. The molecule has 28 heavy (non-hydrogen) atoms. The molecule has 0 bridgehead atoms. The van der Waals surface area contributed by atoms with Crippen LogP contribution in [-0.4, -0.2) is 30.7 Å². The molecule has 7 heteroatoms. The topological polar surface area (TPSA) is 127 Å². The zero-order chi connectivity index (χ0) is 20.3. The minimum Gasteiger partial charge on any atom is -0.450 e. The molecule has 0 saturated heterocycles. The minimum absolute atomic E-state index is 0.0256. The number of ether oxygens (including phenoxy) is 1. The molecule has 0 saturated carbocycles. The van der Waals surface area contributed by atoms with E-state index in [4.69, 9.17) is 10.5 Å². The SMILES string of the molecule is CCOC(=O)N1CC=C2C(C#N)=C(N)C(C#N)(C#N)C(C3C=CCCC3)C2C1. The Morgan fingerprint density at radius 2 is 2.14 bits per heavy atom. The van der Waals surface area contributed by atoms with Crippen LogP contribution in [0.25, 0.3) is 0 Å². The summed E-state index contributed by atoms with van der Waals surface area (Å²) < 4.78 is 5.13. The average Bonchev–Trinajstić information content (AvgIpc) is 2.73. The lowest BCUT2D eigenvalue weighted by Crippen LogP contribution is -2.52. The molecule has 0 aromatic rings. The summed E-state index contributed by atoms with van der Waals surface area (Å²) in [6.45, 7) is 2.61. The lowest BCUT2D eigenvalue weighted by Gasteiger charge is -2.48. The Hall–Kier alpha value is -3.24. The number of nitrogens with zero attached hydrogens (tertiary/aromatic N) is 4. The number of hydrogen-bond acceptors (Lipinski definition) is 6. The average molecular weight is 377 g/mol. The first-order chi connectivity index (χ1) is 13.5. The summed E-state index contributed by atoms with van der Waals surface area (Å²) in [7, 11) is 0. The Morgan fingerprint density at radius 1 is 1.39 bits per heavy atom. The lowest BCUT2D eigenvalue weighted by molar-refractivity contribution is 0.0855. The van der Waals surface area contributed by atoms with Crippen molar-refractivity contribution < 1.29 is 9.53 Å².